The number of hydrogen-bond donors (Lipinski definition) is 3. The van der Waals surface area contributed by atoms with E-state index >= 15 is 0 Å². The zero-order valence-electron chi connectivity index (χ0n) is 12.9. The van der Waals surface area contributed by atoms with Gasteiger partial charge in [-0.05, 0) is 24.8 Å². The Hall–Kier alpha value is -0.750. The van der Waals surface area contributed by atoms with Gasteiger partial charge in [-0.3, -0.25) is 9.69 Å². The van der Waals surface area contributed by atoms with E-state index in [4.69, 9.17) is 15.3 Å². The van der Waals surface area contributed by atoms with Crippen molar-refractivity contribution < 1.29 is 20.1 Å². The summed E-state index contributed by atoms with van der Waals surface area (Å²) in [6, 6.07) is 0. The van der Waals surface area contributed by atoms with Crippen LogP contribution in [0.4, 0.5) is 0 Å². The van der Waals surface area contributed by atoms with Crippen molar-refractivity contribution in [1.29, 1.82) is 0 Å². The molecule has 0 fully saturated rings. The molecule has 5 nitrogen and oxygen atoms in total. The summed E-state index contributed by atoms with van der Waals surface area (Å²) in [6.07, 6.45) is 3.55. The molecule has 20 heavy (non-hydrogen) atoms. The van der Waals surface area contributed by atoms with Crippen LogP contribution in [-0.4, -0.2) is 65.5 Å². The molecule has 0 aromatic rings. The molecular formula is C15H29NO4. The second-order valence-electron chi connectivity index (χ2n) is 5.99. The first-order valence-corrected chi connectivity index (χ1v) is 7.09. The van der Waals surface area contributed by atoms with Crippen LogP contribution in [0.15, 0.2) is 11.6 Å². The monoisotopic (exact) mass is 287 g/mol. The average Bonchev–Trinajstić information content (AvgIpc) is 2.27. The standard InChI is InChI=1S/C9H14O.C6H15NO3/c1-7-4-8(10)6-9(2,3)5-7;8-4-1-7(2-5-9)3-6-10/h4H,5-6H2,1-3H3;8-10H,1-6H2. The molecule has 0 saturated carbocycles. The Bertz CT molecular complexity index is 299. The summed E-state index contributed by atoms with van der Waals surface area (Å²) in [7, 11) is 0. The van der Waals surface area contributed by atoms with Gasteiger partial charge in [0, 0.05) is 26.1 Å². The molecule has 0 aromatic carbocycles. The van der Waals surface area contributed by atoms with Crippen LogP contribution in [0.5, 0.6) is 0 Å². The summed E-state index contributed by atoms with van der Waals surface area (Å²) in [5.41, 5.74) is 1.43. The molecule has 0 aromatic heterocycles. The number of rotatable bonds is 6. The Balaban J connectivity index is 0.000000361. The topological polar surface area (TPSA) is 81.0 Å². The lowest BCUT2D eigenvalue weighted by Crippen LogP contribution is -2.32. The van der Waals surface area contributed by atoms with Gasteiger partial charge in [-0.1, -0.05) is 19.4 Å². The van der Waals surface area contributed by atoms with E-state index in [1.807, 2.05) is 6.92 Å². The zero-order valence-corrected chi connectivity index (χ0v) is 12.9. The van der Waals surface area contributed by atoms with Gasteiger partial charge in [-0.25, -0.2) is 0 Å². The zero-order chi connectivity index (χ0) is 15.6. The van der Waals surface area contributed by atoms with Crippen molar-refractivity contribution in [3.05, 3.63) is 11.6 Å². The van der Waals surface area contributed by atoms with E-state index in [1.165, 1.54) is 5.57 Å². The molecule has 0 saturated heterocycles. The van der Waals surface area contributed by atoms with Crippen molar-refractivity contribution >= 4 is 5.78 Å². The minimum Gasteiger partial charge on any atom is -0.395 e. The van der Waals surface area contributed by atoms with Gasteiger partial charge in [0.25, 0.3) is 0 Å². The molecule has 0 bridgehead atoms. The third-order valence-corrected chi connectivity index (χ3v) is 3.07. The summed E-state index contributed by atoms with van der Waals surface area (Å²) in [5, 5.41) is 25.5. The Kier molecular flexibility index (Phi) is 9.67. The number of aliphatic hydroxyl groups excluding tert-OH is 3. The molecule has 5 heteroatoms. The van der Waals surface area contributed by atoms with E-state index in [9.17, 15) is 4.79 Å². The van der Waals surface area contributed by atoms with Crippen LogP contribution in [0.1, 0.15) is 33.6 Å². The van der Waals surface area contributed by atoms with Gasteiger partial charge >= 0.3 is 0 Å². The van der Waals surface area contributed by atoms with Gasteiger partial charge in [-0.2, -0.15) is 0 Å². The van der Waals surface area contributed by atoms with E-state index in [-0.39, 0.29) is 31.0 Å². The van der Waals surface area contributed by atoms with Gasteiger partial charge in [0.1, 0.15) is 0 Å². The number of ketones is 1. The highest BCUT2D eigenvalue weighted by Crippen LogP contribution is 2.32. The van der Waals surface area contributed by atoms with E-state index in [0.29, 0.717) is 26.1 Å². The molecule has 0 spiro atoms. The predicted molar refractivity (Wildman–Crippen MR) is 79.5 cm³/mol. The van der Waals surface area contributed by atoms with Crippen LogP contribution >= 0.6 is 0 Å². The second kappa shape index (κ2) is 10.0. The Morgan fingerprint density at radius 1 is 1.05 bits per heavy atom. The summed E-state index contributed by atoms with van der Waals surface area (Å²) in [4.78, 5) is 12.8. The first-order valence-electron chi connectivity index (χ1n) is 7.09. The predicted octanol–water partition coefficient (Wildman–Crippen LogP) is 0.587. The number of carbonyl (C=O) groups excluding carboxylic acids is 1. The molecule has 3 N–H and O–H groups in total. The SMILES string of the molecule is CC1=CC(=O)CC(C)(C)C1.OCCN(CCO)CCO. The van der Waals surface area contributed by atoms with Crippen molar-refractivity contribution in [2.45, 2.75) is 33.6 Å². The minimum atomic E-state index is 0.0694. The molecule has 0 atom stereocenters. The molecule has 0 unspecified atom stereocenters. The lowest BCUT2D eigenvalue weighted by Gasteiger charge is -2.27. The van der Waals surface area contributed by atoms with Crippen LogP contribution in [0.25, 0.3) is 0 Å². The van der Waals surface area contributed by atoms with E-state index in [0.717, 1.165) is 6.42 Å². The first kappa shape index (κ1) is 19.2. The third-order valence-electron chi connectivity index (χ3n) is 3.07. The molecule has 1 rings (SSSR count). The molecule has 0 aliphatic heterocycles. The minimum absolute atomic E-state index is 0.0694. The van der Waals surface area contributed by atoms with E-state index < -0.39 is 0 Å². The van der Waals surface area contributed by atoms with Gasteiger partial charge in [0.05, 0.1) is 19.8 Å². The maximum absolute atomic E-state index is 11.0. The van der Waals surface area contributed by atoms with Crippen LogP contribution < -0.4 is 0 Å². The maximum atomic E-state index is 11.0. The molecule has 0 heterocycles. The largest absolute Gasteiger partial charge is 0.395 e. The van der Waals surface area contributed by atoms with Crippen molar-refractivity contribution in [3.63, 3.8) is 0 Å². The summed E-state index contributed by atoms with van der Waals surface area (Å²) < 4.78 is 0. The Labute approximate surface area is 121 Å². The third kappa shape index (κ3) is 9.20. The molecular weight excluding hydrogens is 258 g/mol. The number of hydrogen-bond acceptors (Lipinski definition) is 5. The highest BCUT2D eigenvalue weighted by Gasteiger charge is 2.25. The number of allylic oxidation sites excluding steroid dienone is 2. The average molecular weight is 287 g/mol. The van der Waals surface area contributed by atoms with Crippen LogP contribution in [-0.2, 0) is 4.79 Å². The molecule has 0 amide bonds. The van der Waals surface area contributed by atoms with Crippen LogP contribution in [0.3, 0.4) is 0 Å². The highest BCUT2D eigenvalue weighted by molar-refractivity contribution is 5.91. The quantitative estimate of drug-likeness (QED) is 0.666. The molecule has 118 valence electrons. The van der Waals surface area contributed by atoms with Crippen LogP contribution in [0.2, 0.25) is 0 Å². The van der Waals surface area contributed by atoms with Crippen molar-refractivity contribution in [1.82, 2.24) is 4.90 Å². The van der Waals surface area contributed by atoms with Crippen molar-refractivity contribution in [3.8, 4) is 0 Å². The Morgan fingerprint density at radius 2 is 1.50 bits per heavy atom. The number of nitrogens with zero attached hydrogens (tertiary/aromatic N) is 1. The maximum Gasteiger partial charge on any atom is 0.156 e. The number of carbonyl (C=O) groups is 1. The molecule has 1 aliphatic carbocycles. The number of aliphatic hydroxyl groups is 3. The van der Waals surface area contributed by atoms with E-state index in [2.05, 4.69) is 13.8 Å². The van der Waals surface area contributed by atoms with Crippen LogP contribution in [0, 0.1) is 5.41 Å². The van der Waals surface area contributed by atoms with Gasteiger partial charge in [0.2, 0.25) is 0 Å². The van der Waals surface area contributed by atoms with Crippen molar-refractivity contribution in [2.24, 2.45) is 5.41 Å². The van der Waals surface area contributed by atoms with Gasteiger partial charge in [-0.15, -0.1) is 0 Å². The fraction of sp³-hybridized carbons (Fsp3) is 0.800. The molecule has 0 radical (unpaired) electrons. The van der Waals surface area contributed by atoms with Gasteiger partial charge < -0.3 is 15.3 Å². The van der Waals surface area contributed by atoms with Crippen molar-refractivity contribution in [2.75, 3.05) is 39.5 Å². The Morgan fingerprint density at radius 3 is 1.80 bits per heavy atom. The summed E-state index contributed by atoms with van der Waals surface area (Å²) >= 11 is 0. The summed E-state index contributed by atoms with van der Waals surface area (Å²) in [6.45, 7) is 8.06. The fourth-order valence-corrected chi connectivity index (χ4v) is 2.43. The smallest absolute Gasteiger partial charge is 0.156 e. The normalized spacial score (nSPS) is 17.6. The lowest BCUT2D eigenvalue weighted by molar-refractivity contribution is -0.117. The van der Waals surface area contributed by atoms with E-state index in [1.54, 1.807) is 11.0 Å². The second-order valence-corrected chi connectivity index (χ2v) is 5.99. The summed E-state index contributed by atoms with van der Waals surface area (Å²) in [5.74, 6) is 0.286. The first-order chi connectivity index (χ1) is 9.34. The highest BCUT2D eigenvalue weighted by atomic mass is 16.3. The molecule has 1 aliphatic rings. The van der Waals surface area contributed by atoms with Gasteiger partial charge in [0.15, 0.2) is 5.78 Å². The lowest BCUT2D eigenvalue weighted by atomic mass is 9.77. The fourth-order valence-electron chi connectivity index (χ4n) is 2.43.